The van der Waals surface area contributed by atoms with Crippen LogP contribution >= 0.6 is 0 Å². The molecule has 3 aromatic rings. The highest BCUT2D eigenvalue weighted by atomic mass is 16.2. The molecule has 0 aromatic heterocycles. The van der Waals surface area contributed by atoms with Gasteiger partial charge in [-0.05, 0) is 43.0 Å². The van der Waals surface area contributed by atoms with E-state index < -0.39 is 0 Å². The lowest BCUT2D eigenvalue weighted by atomic mass is 9.89. The third-order valence-corrected chi connectivity index (χ3v) is 7.15. The van der Waals surface area contributed by atoms with Crippen LogP contribution in [0.2, 0.25) is 0 Å². The van der Waals surface area contributed by atoms with Crippen molar-refractivity contribution >= 4 is 11.7 Å². The van der Waals surface area contributed by atoms with E-state index in [2.05, 4.69) is 82.6 Å². The third-order valence-electron chi connectivity index (χ3n) is 7.15. The van der Waals surface area contributed by atoms with Crippen LogP contribution in [-0.4, -0.2) is 48.1 Å². The maximum atomic E-state index is 14.0. The molecule has 2 N–H and O–H groups in total. The summed E-state index contributed by atoms with van der Waals surface area (Å²) >= 11 is 0. The standard InChI is InChI=1S/C29H34N4O/c30-18-9-19-32-27-15-8-7-14-26(27)28(24-12-5-2-6-13-24)33(29(32)34)25-16-20-31(21-17-25)22-23-10-3-1-4-11-23/h1-8,10-15,25,28H,9,16-22,30H2. The van der Waals surface area contributed by atoms with Gasteiger partial charge in [-0.15, -0.1) is 0 Å². The Balaban J connectivity index is 1.44. The van der Waals surface area contributed by atoms with Crippen molar-refractivity contribution in [2.45, 2.75) is 37.9 Å². The fourth-order valence-electron chi connectivity index (χ4n) is 5.47. The molecule has 5 rings (SSSR count). The summed E-state index contributed by atoms with van der Waals surface area (Å²) in [5.41, 5.74) is 10.6. The minimum absolute atomic E-state index is 0.0651. The summed E-state index contributed by atoms with van der Waals surface area (Å²) < 4.78 is 0. The summed E-state index contributed by atoms with van der Waals surface area (Å²) in [5.74, 6) is 0. The van der Waals surface area contributed by atoms with Crippen molar-refractivity contribution < 1.29 is 4.79 Å². The Morgan fingerprint density at radius 1 is 0.824 bits per heavy atom. The SMILES string of the molecule is NCCCN1C(=O)N(C2CCN(Cc3ccccc3)CC2)C(c2ccccc2)c2ccccc21. The van der Waals surface area contributed by atoms with Gasteiger partial charge in [-0.3, -0.25) is 9.80 Å². The first kappa shape index (κ1) is 22.6. The zero-order valence-corrected chi connectivity index (χ0v) is 19.7. The van der Waals surface area contributed by atoms with Crippen LogP contribution in [0.3, 0.4) is 0 Å². The number of anilines is 1. The van der Waals surface area contributed by atoms with Crippen LogP contribution in [0.25, 0.3) is 0 Å². The van der Waals surface area contributed by atoms with E-state index in [0.29, 0.717) is 13.1 Å². The molecular formula is C29H34N4O. The molecule has 1 atom stereocenters. The van der Waals surface area contributed by atoms with Crippen LogP contribution < -0.4 is 10.6 Å². The number of rotatable bonds is 7. The van der Waals surface area contributed by atoms with E-state index in [1.165, 1.54) is 16.7 Å². The zero-order chi connectivity index (χ0) is 23.3. The normalized spacial score (nSPS) is 19.3. The molecule has 0 saturated carbocycles. The maximum Gasteiger partial charge on any atom is 0.325 e. The molecule has 34 heavy (non-hydrogen) atoms. The Morgan fingerprint density at radius 3 is 2.18 bits per heavy atom. The zero-order valence-electron chi connectivity index (χ0n) is 19.7. The van der Waals surface area contributed by atoms with E-state index in [1.54, 1.807) is 0 Å². The minimum atomic E-state index is -0.0651. The number of nitrogens with zero attached hydrogens (tertiary/aromatic N) is 3. The number of nitrogens with two attached hydrogens (primary N) is 1. The average Bonchev–Trinajstić information content (AvgIpc) is 2.89. The highest BCUT2D eigenvalue weighted by Crippen LogP contribution is 2.43. The van der Waals surface area contributed by atoms with E-state index in [-0.39, 0.29) is 18.1 Å². The second kappa shape index (κ2) is 10.4. The molecule has 2 aliphatic rings. The number of carbonyl (C=O) groups is 1. The molecule has 2 heterocycles. The van der Waals surface area contributed by atoms with Crippen LogP contribution in [0.15, 0.2) is 84.9 Å². The minimum Gasteiger partial charge on any atom is -0.330 e. The molecule has 0 radical (unpaired) electrons. The first-order chi connectivity index (χ1) is 16.8. The molecule has 2 amide bonds. The lowest BCUT2D eigenvalue weighted by Crippen LogP contribution is -2.56. The number of amides is 2. The van der Waals surface area contributed by atoms with Gasteiger partial charge in [-0.1, -0.05) is 78.9 Å². The van der Waals surface area contributed by atoms with Crippen LogP contribution in [0.1, 0.15) is 42.0 Å². The number of para-hydroxylation sites is 1. The Bertz CT molecular complexity index is 1080. The van der Waals surface area contributed by atoms with Gasteiger partial charge in [0.05, 0.1) is 11.7 Å². The predicted octanol–water partition coefficient (Wildman–Crippen LogP) is 5.03. The topological polar surface area (TPSA) is 52.8 Å². The van der Waals surface area contributed by atoms with Crippen molar-refractivity contribution in [3.63, 3.8) is 0 Å². The van der Waals surface area contributed by atoms with E-state index in [0.717, 1.165) is 44.6 Å². The van der Waals surface area contributed by atoms with E-state index in [4.69, 9.17) is 5.73 Å². The van der Waals surface area contributed by atoms with Gasteiger partial charge in [0.15, 0.2) is 0 Å². The summed E-state index contributed by atoms with van der Waals surface area (Å²) in [6, 6.07) is 29.8. The molecule has 0 aliphatic carbocycles. The Hall–Kier alpha value is -3.15. The molecule has 0 bridgehead atoms. The fraction of sp³-hybridized carbons (Fsp3) is 0.345. The molecule has 1 fully saturated rings. The summed E-state index contributed by atoms with van der Waals surface area (Å²) in [7, 11) is 0. The quantitative estimate of drug-likeness (QED) is 0.545. The molecule has 176 valence electrons. The Morgan fingerprint density at radius 2 is 1.47 bits per heavy atom. The van der Waals surface area contributed by atoms with Crippen LogP contribution in [0.4, 0.5) is 10.5 Å². The fourth-order valence-corrected chi connectivity index (χ4v) is 5.47. The van der Waals surface area contributed by atoms with E-state index in [9.17, 15) is 4.79 Å². The summed E-state index contributed by atoms with van der Waals surface area (Å²) in [5, 5.41) is 0. The summed E-state index contributed by atoms with van der Waals surface area (Å²) in [4.78, 5) is 20.7. The van der Waals surface area contributed by atoms with E-state index in [1.807, 2.05) is 17.0 Å². The van der Waals surface area contributed by atoms with Crippen molar-refractivity contribution in [2.75, 3.05) is 31.1 Å². The molecule has 1 saturated heterocycles. The summed E-state index contributed by atoms with van der Waals surface area (Å²) in [6.45, 7) is 4.18. The molecule has 2 aliphatic heterocycles. The molecule has 5 nitrogen and oxygen atoms in total. The predicted molar refractivity (Wildman–Crippen MR) is 138 cm³/mol. The summed E-state index contributed by atoms with van der Waals surface area (Å²) in [6.07, 6.45) is 2.75. The third kappa shape index (κ3) is 4.59. The van der Waals surface area contributed by atoms with Gasteiger partial charge in [-0.2, -0.15) is 0 Å². The number of carbonyl (C=O) groups excluding carboxylic acids is 1. The lowest BCUT2D eigenvalue weighted by molar-refractivity contribution is 0.101. The van der Waals surface area contributed by atoms with Crippen LogP contribution in [0.5, 0.6) is 0 Å². The smallest absolute Gasteiger partial charge is 0.325 e. The van der Waals surface area contributed by atoms with Crippen LogP contribution in [0, 0.1) is 0 Å². The second-order valence-corrected chi connectivity index (χ2v) is 9.35. The first-order valence-electron chi connectivity index (χ1n) is 12.5. The van der Waals surface area contributed by atoms with Gasteiger partial charge in [0.2, 0.25) is 0 Å². The number of piperidine rings is 1. The van der Waals surface area contributed by atoms with Gasteiger partial charge in [-0.25, -0.2) is 4.79 Å². The van der Waals surface area contributed by atoms with Gasteiger partial charge >= 0.3 is 6.03 Å². The van der Waals surface area contributed by atoms with Crippen molar-refractivity contribution in [1.29, 1.82) is 0 Å². The number of hydrogen-bond donors (Lipinski definition) is 1. The monoisotopic (exact) mass is 454 g/mol. The highest BCUT2D eigenvalue weighted by molar-refractivity contribution is 5.96. The van der Waals surface area contributed by atoms with Crippen LogP contribution in [-0.2, 0) is 6.54 Å². The Kier molecular flexibility index (Phi) is 6.93. The van der Waals surface area contributed by atoms with E-state index >= 15 is 0 Å². The molecule has 5 heteroatoms. The van der Waals surface area contributed by atoms with Crippen molar-refractivity contribution in [3.05, 3.63) is 102 Å². The van der Waals surface area contributed by atoms with Crippen molar-refractivity contribution in [3.8, 4) is 0 Å². The van der Waals surface area contributed by atoms with Gasteiger partial charge in [0.25, 0.3) is 0 Å². The molecule has 3 aromatic carbocycles. The average molecular weight is 455 g/mol. The first-order valence-corrected chi connectivity index (χ1v) is 12.5. The molecule has 1 unspecified atom stereocenters. The largest absolute Gasteiger partial charge is 0.330 e. The Labute approximate surface area is 202 Å². The number of likely N-dealkylation sites (tertiary alicyclic amines) is 1. The number of urea groups is 1. The second-order valence-electron chi connectivity index (χ2n) is 9.35. The lowest BCUT2D eigenvalue weighted by Gasteiger charge is -2.48. The van der Waals surface area contributed by atoms with Gasteiger partial charge in [0.1, 0.15) is 0 Å². The van der Waals surface area contributed by atoms with Gasteiger partial charge < -0.3 is 10.6 Å². The maximum absolute atomic E-state index is 14.0. The number of fused-ring (bicyclic) bond motifs is 1. The number of benzene rings is 3. The van der Waals surface area contributed by atoms with Gasteiger partial charge in [0, 0.05) is 37.8 Å². The molecular weight excluding hydrogens is 420 g/mol. The number of hydrogen-bond acceptors (Lipinski definition) is 3. The highest BCUT2D eigenvalue weighted by Gasteiger charge is 2.42. The molecule has 0 spiro atoms. The van der Waals surface area contributed by atoms with Crippen molar-refractivity contribution in [1.82, 2.24) is 9.80 Å². The van der Waals surface area contributed by atoms with Crippen molar-refractivity contribution in [2.24, 2.45) is 5.73 Å².